The first-order valence-electron chi connectivity index (χ1n) is 10.7. The monoisotopic (exact) mass is 517 g/mol. The molecule has 1 fully saturated rings. The number of hydrogen-bond acceptors (Lipinski definition) is 8. The molecular weight excluding hydrogens is 497 g/mol. The molecule has 1 atom stereocenters. The zero-order valence-electron chi connectivity index (χ0n) is 18.3. The highest BCUT2D eigenvalue weighted by Gasteiger charge is 2.29. The Balaban J connectivity index is 1.54. The second kappa shape index (κ2) is 10.4. The highest BCUT2D eigenvalue weighted by molar-refractivity contribution is 6.39. The van der Waals surface area contributed by atoms with Crippen molar-refractivity contribution in [2.75, 3.05) is 41.7 Å². The first-order chi connectivity index (χ1) is 16.8. The summed E-state index contributed by atoms with van der Waals surface area (Å²) in [5, 5.41) is 18.5. The van der Waals surface area contributed by atoms with Gasteiger partial charge in [0.05, 0.1) is 28.2 Å². The molecule has 0 bridgehead atoms. The number of amides is 1. The molecule has 1 aliphatic heterocycles. The lowest BCUT2D eigenvalue weighted by atomic mass is 10.00. The molecule has 3 aromatic rings. The maximum atomic E-state index is 12.6. The minimum Gasteiger partial charge on any atom is -0.481 e. The van der Waals surface area contributed by atoms with E-state index < -0.39 is 28.8 Å². The van der Waals surface area contributed by atoms with Crippen LogP contribution in [0.4, 0.5) is 17.1 Å². The number of carboxylic acids is 1. The predicted molar refractivity (Wildman–Crippen MR) is 134 cm³/mol. The second-order valence-electron chi connectivity index (χ2n) is 7.97. The van der Waals surface area contributed by atoms with Crippen LogP contribution in [0.15, 0.2) is 46.2 Å². The second-order valence-corrected chi connectivity index (χ2v) is 8.78. The lowest BCUT2D eigenvalue weighted by Gasteiger charge is -2.32. The molecule has 0 saturated carbocycles. The molecule has 1 aliphatic rings. The lowest BCUT2D eigenvalue weighted by molar-refractivity contribution is -0.137. The fraction of sp³-hybridized carbons (Fsp3) is 0.261. The summed E-state index contributed by atoms with van der Waals surface area (Å²) in [6, 6.07) is 5.41. The first-order valence-corrected chi connectivity index (χ1v) is 11.5. The van der Waals surface area contributed by atoms with Crippen molar-refractivity contribution in [2.24, 2.45) is 0 Å². The van der Waals surface area contributed by atoms with E-state index in [0.717, 1.165) is 0 Å². The van der Waals surface area contributed by atoms with E-state index in [-0.39, 0.29) is 39.1 Å². The van der Waals surface area contributed by atoms with Gasteiger partial charge < -0.3 is 26.0 Å². The molecule has 4 rings (SSSR count). The number of benzene rings is 1. The van der Waals surface area contributed by atoms with Gasteiger partial charge in [-0.15, -0.1) is 0 Å². The molecule has 182 valence electrons. The van der Waals surface area contributed by atoms with E-state index in [9.17, 15) is 24.3 Å². The molecule has 35 heavy (non-hydrogen) atoms. The summed E-state index contributed by atoms with van der Waals surface area (Å²) in [6.07, 6.45) is 2.36. The van der Waals surface area contributed by atoms with Crippen molar-refractivity contribution in [1.29, 1.82) is 0 Å². The Morgan fingerprint density at radius 1 is 1.03 bits per heavy atom. The third kappa shape index (κ3) is 5.29. The van der Waals surface area contributed by atoms with Crippen molar-refractivity contribution in [1.82, 2.24) is 10.3 Å². The summed E-state index contributed by atoms with van der Waals surface area (Å²) in [7, 11) is 0. The Morgan fingerprint density at radius 2 is 1.66 bits per heavy atom. The molecule has 1 amide bonds. The zero-order valence-corrected chi connectivity index (χ0v) is 19.8. The molecule has 0 radical (unpaired) electrons. The molecule has 4 N–H and O–H groups in total. The summed E-state index contributed by atoms with van der Waals surface area (Å²) < 4.78 is 0. The van der Waals surface area contributed by atoms with Gasteiger partial charge in [-0.2, -0.15) is 0 Å². The van der Waals surface area contributed by atoms with E-state index in [1.807, 2.05) is 4.90 Å². The van der Waals surface area contributed by atoms with Crippen LogP contribution in [0.3, 0.4) is 0 Å². The number of aromatic nitrogens is 1. The van der Waals surface area contributed by atoms with Crippen LogP contribution in [0.25, 0.3) is 0 Å². The maximum absolute atomic E-state index is 12.6. The van der Waals surface area contributed by atoms with Gasteiger partial charge in [-0.1, -0.05) is 35.3 Å². The van der Waals surface area contributed by atoms with Gasteiger partial charge in [0.1, 0.15) is 11.4 Å². The number of carboxylic acid groups (broad SMARTS) is 1. The Kier molecular flexibility index (Phi) is 7.34. The number of aliphatic carboxylic acids is 1. The zero-order chi connectivity index (χ0) is 25.1. The molecule has 0 spiro atoms. The Morgan fingerprint density at radius 3 is 2.26 bits per heavy atom. The number of carbonyl (C=O) groups is 2. The summed E-state index contributed by atoms with van der Waals surface area (Å²) in [5.74, 6) is -1.56. The van der Waals surface area contributed by atoms with Gasteiger partial charge in [0.2, 0.25) is 0 Å². The summed E-state index contributed by atoms with van der Waals surface area (Å²) in [4.78, 5) is 54.4. The molecule has 1 unspecified atom stereocenters. The largest absolute Gasteiger partial charge is 0.481 e. The molecule has 2 aromatic carbocycles. The summed E-state index contributed by atoms with van der Waals surface area (Å²) in [6.45, 7) is 2.49. The summed E-state index contributed by atoms with van der Waals surface area (Å²) in [5.41, 5.74) is 0.190. The normalized spacial score (nSPS) is 14.5. The quantitative estimate of drug-likeness (QED) is 0.331. The van der Waals surface area contributed by atoms with Crippen molar-refractivity contribution in [3.63, 3.8) is 0 Å². The Labute approximate surface area is 209 Å². The minimum absolute atomic E-state index is 0.118. The SMILES string of the molecule is O=C(O)CC(Nc1c(N2CCNCC2)c(=O)c1=O)c1ccc(C(=O)Nc2c(Cl)cncc2Cl)cc1. The molecular formula is C23H21Cl2N5O5. The van der Waals surface area contributed by atoms with Crippen LogP contribution < -0.4 is 31.7 Å². The molecule has 12 heteroatoms. The molecule has 2 heterocycles. The lowest BCUT2D eigenvalue weighted by Crippen LogP contribution is -2.50. The standard InChI is InChI=1S/C23H21Cl2N5O5/c24-14-10-27-11-15(25)18(14)29-23(35)13-3-1-12(2-4-13)16(9-17(31)32)28-19-20(22(34)21(19)33)30-7-5-26-6-8-30/h1-4,10-11,16,26,28H,5-9H2,(H,31,32)(H,27,29,35). The Bertz CT molecular complexity index is 1310. The van der Waals surface area contributed by atoms with Crippen LogP contribution in [-0.4, -0.2) is 48.1 Å². The van der Waals surface area contributed by atoms with Gasteiger partial charge in [0.25, 0.3) is 16.8 Å². The van der Waals surface area contributed by atoms with Crippen LogP contribution in [-0.2, 0) is 4.79 Å². The van der Waals surface area contributed by atoms with Crippen molar-refractivity contribution in [3.8, 4) is 0 Å². The van der Waals surface area contributed by atoms with Crippen LogP contribution in [0.5, 0.6) is 0 Å². The number of carbonyl (C=O) groups excluding carboxylic acids is 1. The van der Waals surface area contributed by atoms with Gasteiger partial charge in [-0.3, -0.25) is 24.2 Å². The van der Waals surface area contributed by atoms with Crippen molar-refractivity contribution in [2.45, 2.75) is 12.5 Å². The van der Waals surface area contributed by atoms with E-state index in [2.05, 4.69) is 20.9 Å². The van der Waals surface area contributed by atoms with E-state index >= 15 is 0 Å². The highest BCUT2D eigenvalue weighted by Crippen LogP contribution is 2.30. The summed E-state index contributed by atoms with van der Waals surface area (Å²) >= 11 is 12.1. The van der Waals surface area contributed by atoms with Gasteiger partial charge in [0.15, 0.2) is 0 Å². The minimum atomic E-state index is -1.09. The Hall–Kier alpha value is -3.47. The number of hydrogen-bond donors (Lipinski definition) is 4. The maximum Gasteiger partial charge on any atom is 0.305 e. The number of nitrogens with zero attached hydrogens (tertiary/aromatic N) is 2. The molecule has 1 saturated heterocycles. The highest BCUT2D eigenvalue weighted by atomic mass is 35.5. The predicted octanol–water partition coefficient (Wildman–Crippen LogP) is 2.27. The number of pyridine rings is 1. The number of anilines is 3. The van der Waals surface area contributed by atoms with E-state index in [4.69, 9.17) is 23.2 Å². The smallest absolute Gasteiger partial charge is 0.305 e. The van der Waals surface area contributed by atoms with Crippen LogP contribution in [0.2, 0.25) is 10.0 Å². The average Bonchev–Trinajstić information content (AvgIpc) is 2.85. The van der Waals surface area contributed by atoms with Crippen LogP contribution in [0.1, 0.15) is 28.4 Å². The van der Waals surface area contributed by atoms with Gasteiger partial charge >= 0.3 is 5.97 Å². The third-order valence-corrected chi connectivity index (χ3v) is 6.26. The number of rotatable bonds is 8. The number of piperazine rings is 1. The van der Waals surface area contributed by atoms with Gasteiger partial charge in [0, 0.05) is 44.1 Å². The van der Waals surface area contributed by atoms with Crippen LogP contribution >= 0.6 is 23.2 Å². The molecule has 10 nitrogen and oxygen atoms in total. The fourth-order valence-electron chi connectivity index (χ4n) is 3.89. The average molecular weight is 518 g/mol. The topological polar surface area (TPSA) is 141 Å². The number of halogens is 2. The fourth-order valence-corrected chi connectivity index (χ4v) is 4.35. The van der Waals surface area contributed by atoms with Crippen molar-refractivity contribution < 1.29 is 14.7 Å². The van der Waals surface area contributed by atoms with E-state index in [0.29, 0.717) is 31.7 Å². The third-order valence-electron chi connectivity index (χ3n) is 5.68. The van der Waals surface area contributed by atoms with Crippen molar-refractivity contribution >= 4 is 52.1 Å². The van der Waals surface area contributed by atoms with E-state index in [1.54, 1.807) is 12.1 Å². The molecule has 0 aliphatic carbocycles. The van der Waals surface area contributed by atoms with Gasteiger partial charge in [-0.25, -0.2) is 0 Å². The van der Waals surface area contributed by atoms with Crippen LogP contribution in [0, 0.1) is 0 Å². The van der Waals surface area contributed by atoms with Crippen molar-refractivity contribution in [3.05, 3.63) is 78.3 Å². The van der Waals surface area contributed by atoms with Gasteiger partial charge in [-0.05, 0) is 17.7 Å². The van der Waals surface area contributed by atoms with E-state index in [1.165, 1.54) is 24.5 Å². The number of nitrogens with one attached hydrogen (secondary N) is 3. The first kappa shape index (κ1) is 24.6. The molecule has 1 aromatic heterocycles.